The number of hydrogen-bond acceptors (Lipinski definition) is 5. The minimum atomic E-state index is -0.231. The average molecular weight is 448 g/mol. The molecular weight excluding hydrogens is 414 g/mol. The standard InChI is InChI=1S/C27H33N3O3/c1-5-28-14-16-29(17-15-28)25-24(22-10-12-23(13-11-22)33-19(2)3)26(31)30(27(25)32)18-21-8-6-20(4)7-9-21/h6-13,19H,5,14-18H2,1-4H3. The number of benzene rings is 2. The van der Waals surface area contributed by atoms with Gasteiger partial charge in [0.25, 0.3) is 11.8 Å². The molecular formula is C27H33N3O3. The average Bonchev–Trinajstić information content (AvgIpc) is 3.05. The van der Waals surface area contributed by atoms with E-state index in [9.17, 15) is 9.59 Å². The molecule has 2 aromatic carbocycles. The van der Waals surface area contributed by atoms with E-state index in [0.29, 0.717) is 11.3 Å². The molecule has 33 heavy (non-hydrogen) atoms. The topological polar surface area (TPSA) is 53.1 Å². The first-order chi connectivity index (χ1) is 15.9. The van der Waals surface area contributed by atoms with E-state index in [1.807, 2.05) is 69.3 Å². The second-order valence-corrected chi connectivity index (χ2v) is 9.02. The molecule has 0 spiro atoms. The van der Waals surface area contributed by atoms with Crippen LogP contribution in [0.1, 0.15) is 37.5 Å². The van der Waals surface area contributed by atoms with Crippen LogP contribution < -0.4 is 4.74 Å². The molecule has 0 aliphatic carbocycles. The maximum absolute atomic E-state index is 13.6. The third kappa shape index (κ3) is 4.96. The number of imide groups is 1. The molecule has 1 fully saturated rings. The molecule has 2 aliphatic heterocycles. The summed E-state index contributed by atoms with van der Waals surface area (Å²) in [6.07, 6.45) is 0.0696. The van der Waals surface area contributed by atoms with E-state index in [2.05, 4.69) is 16.7 Å². The smallest absolute Gasteiger partial charge is 0.278 e. The SMILES string of the molecule is CCN1CCN(C2=C(c3ccc(OC(C)C)cc3)C(=O)N(Cc3ccc(C)cc3)C2=O)CC1. The first-order valence-electron chi connectivity index (χ1n) is 11.8. The molecule has 0 aromatic heterocycles. The number of carbonyl (C=O) groups excluding carboxylic acids is 2. The number of amides is 2. The summed E-state index contributed by atoms with van der Waals surface area (Å²) in [5.74, 6) is 0.315. The van der Waals surface area contributed by atoms with Gasteiger partial charge in [-0.05, 0) is 50.6 Å². The third-order valence-corrected chi connectivity index (χ3v) is 6.26. The van der Waals surface area contributed by atoms with Gasteiger partial charge in [0.2, 0.25) is 0 Å². The number of likely N-dealkylation sites (N-methyl/N-ethyl adjacent to an activating group) is 1. The van der Waals surface area contributed by atoms with E-state index in [4.69, 9.17) is 4.74 Å². The summed E-state index contributed by atoms with van der Waals surface area (Å²) < 4.78 is 5.76. The Labute approximate surface area is 196 Å². The number of nitrogens with zero attached hydrogens (tertiary/aromatic N) is 3. The zero-order chi connectivity index (χ0) is 23.5. The Morgan fingerprint density at radius 1 is 0.879 bits per heavy atom. The number of piperazine rings is 1. The molecule has 174 valence electrons. The summed E-state index contributed by atoms with van der Waals surface area (Å²) in [5.41, 5.74) is 3.87. The Hall–Kier alpha value is -3.12. The van der Waals surface area contributed by atoms with Crippen LogP contribution in [0.4, 0.5) is 0 Å². The fraction of sp³-hybridized carbons (Fsp3) is 0.407. The molecule has 2 amide bonds. The number of aryl methyl sites for hydroxylation is 1. The Morgan fingerprint density at radius 2 is 1.52 bits per heavy atom. The van der Waals surface area contributed by atoms with Gasteiger partial charge in [-0.2, -0.15) is 0 Å². The Balaban J connectivity index is 1.67. The highest BCUT2D eigenvalue weighted by atomic mass is 16.5. The second kappa shape index (κ2) is 9.79. The van der Waals surface area contributed by atoms with Crippen molar-refractivity contribution >= 4 is 17.4 Å². The van der Waals surface area contributed by atoms with Gasteiger partial charge in [-0.25, -0.2) is 0 Å². The molecule has 0 atom stereocenters. The summed E-state index contributed by atoms with van der Waals surface area (Å²) in [6.45, 7) is 12.6. The van der Waals surface area contributed by atoms with Gasteiger partial charge in [-0.15, -0.1) is 0 Å². The van der Waals surface area contributed by atoms with Crippen LogP contribution in [-0.2, 0) is 16.1 Å². The van der Waals surface area contributed by atoms with Crippen molar-refractivity contribution in [2.45, 2.75) is 40.3 Å². The molecule has 2 aromatic rings. The zero-order valence-corrected chi connectivity index (χ0v) is 20.0. The molecule has 0 bridgehead atoms. The van der Waals surface area contributed by atoms with Crippen molar-refractivity contribution in [2.24, 2.45) is 0 Å². The quantitative estimate of drug-likeness (QED) is 0.606. The lowest BCUT2D eigenvalue weighted by Crippen LogP contribution is -2.47. The zero-order valence-electron chi connectivity index (χ0n) is 20.0. The van der Waals surface area contributed by atoms with E-state index >= 15 is 0 Å². The lowest BCUT2D eigenvalue weighted by molar-refractivity contribution is -0.138. The van der Waals surface area contributed by atoms with Gasteiger partial charge in [0.1, 0.15) is 11.4 Å². The van der Waals surface area contributed by atoms with Crippen molar-refractivity contribution < 1.29 is 14.3 Å². The van der Waals surface area contributed by atoms with E-state index in [1.54, 1.807) is 0 Å². The molecule has 4 rings (SSSR count). The van der Waals surface area contributed by atoms with Crippen LogP contribution in [0.15, 0.2) is 54.2 Å². The summed E-state index contributed by atoms with van der Waals surface area (Å²) >= 11 is 0. The number of carbonyl (C=O) groups is 2. The molecule has 0 radical (unpaired) electrons. The van der Waals surface area contributed by atoms with Crippen LogP contribution in [0.25, 0.3) is 5.57 Å². The van der Waals surface area contributed by atoms with Gasteiger partial charge in [0, 0.05) is 26.2 Å². The van der Waals surface area contributed by atoms with Crippen LogP contribution in [0.3, 0.4) is 0 Å². The molecule has 6 nitrogen and oxygen atoms in total. The predicted octanol–water partition coefficient (Wildman–Crippen LogP) is 3.70. The summed E-state index contributed by atoms with van der Waals surface area (Å²) in [4.78, 5) is 33.0. The molecule has 0 saturated carbocycles. The van der Waals surface area contributed by atoms with E-state index in [0.717, 1.165) is 55.2 Å². The van der Waals surface area contributed by atoms with Crippen molar-refractivity contribution in [2.75, 3.05) is 32.7 Å². The first kappa shape index (κ1) is 23.1. The number of hydrogen-bond donors (Lipinski definition) is 0. The van der Waals surface area contributed by atoms with Crippen LogP contribution in [-0.4, -0.2) is 65.3 Å². The van der Waals surface area contributed by atoms with Gasteiger partial charge in [-0.3, -0.25) is 14.5 Å². The van der Waals surface area contributed by atoms with E-state index in [-0.39, 0.29) is 24.5 Å². The monoisotopic (exact) mass is 447 g/mol. The van der Waals surface area contributed by atoms with Gasteiger partial charge in [0.05, 0.1) is 18.2 Å². The van der Waals surface area contributed by atoms with Crippen LogP contribution in [0, 0.1) is 6.92 Å². The normalized spacial score (nSPS) is 17.5. The van der Waals surface area contributed by atoms with Crippen molar-refractivity contribution in [3.8, 4) is 5.75 Å². The minimum absolute atomic E-state index is 0.0696. The summed E-state index contributed by atoms with van der Waals surface area (Å²) in [7, 11) is 0. The third-order valence-electron chi connectivity index (χ3n) is 6.26. The highest BCUT2D eigenvalue weighted by Gasteiger charge is 2.42. The highest BCUT2D eigenvalue weighted by molar-refractivity contribution is 6.35. The minimum Gasteiger partial charge on any atom is -0.491 e. The Bertz CT molecular complexity index is 1030. The van der Waals surface area contributed by atoms with Crippen molar-refractivity contribution in [3.05, 3.63) is 70.9 Å². The van der Waals surface area contributed by atoms with Crippen molar-refractivity contribution in [1.29, 1.82) is 0 Å². The largest absolute Gasteiger partial charge is 0.491 e. The van der Waals surface area contributed by atoms with Gasteiger partial charge >= 0.3 is 0 Å². The molecule has 2 heterocycles. The lowest BCUT2D eigenvalue weighted by atomic mass is 10.0. The highest BCUT2D eigenvalue weighted by Crippen LogP contribution is 2.34. The van der Waals surface area contributed by atoms with Crippen molar-refractivity contribution in [1.82, 2.24) is 14.7 Å². The first-order valence-corrected chi connectivity index (χ1v) is 11.8. The van der Waals surface area contributed by atoms with E-state index < -0.39 is 0 Å². The maximum atomic E-state index is 13.6. The van der Waals surface area contributed by atoms with Gasteiger partial charge in [-0.1, -0.05) is 48.9 Å². The summed E-state index contributed by atoms with van der Waals surface area (Å²) in [6, 6.07) is 15.5. The van der Waals surface area contributed by atoms with Crippen LogP contribution >= 0.6 is 0 Å². The fourth-order valence-corrected chi connectivity index (χ4v) is 4.40. The fourth-order valence-electron chi connectivity index (χ4n) is 4.40. The number of ether oxygens (including phenoxy) is 1. The van der Waals surface area contributed by atoms with Gasteiger partial charge < -0.3 is 14.5 Å². The van der Waals surface area contributed by atoms with E-state index in [1.165, 1.54) is 4.90 Å². The molecule has 0 unspecified atom stereocenters. The van der Waals surface area contributed by atoms with Gasteiger partial charge in [0.15, 0.2) is 0 Å². The van der Waals surface area contributed by atoms with Crippen molar-refractivity contribution in [3.63, 3.8) is 0 Å². The molecule has 0 N–H and O–H groups in total. The summed E-state index contributed by atoms with van der Waals surface area (Å²) in [5, 5.41) is 0. The second-order valence-electron chi connectivity index (χ2n) is 9.02. The Morgan fingerprint density at radius 3 is 2.09 bits per heavy atom. The maximum Gasteiger partial charge on any atom is 0.278 e. The number of rotatable bonds is 7. The van der Waals surface area contributed by atoms with Crippen LogP contribution in [0.2, 0.25) is 0 Å². The molecule has 2 aliphatic rings. The van der Waals surface area contributed by atoms with Crippen LogP contribution in [0.5, 0.6) is 5.75 Å². The lowest BCUT2D eigenvalue weighted by Gasteiger charge is -2.36. The molecule has 1 saturated heterocycles. The Kier molecular flexibility index (Phi) is 6.84. The molecule has 6 heteroatoms. The predicted molar refractivity (Wildman–Crippen MR) is 130 cm³/mol.